The molecule has 0 aromatic carbocycles. The van der Waals surface area contributed by atoms with Crippen molar-refractivity contribution in [3.05, 3.63) is 28.0 Å². The molecule has 0 aliphatic heterocycles. The lowest BCUT2D eigenvalue weighted by atomic mass is 10.3. The Kier molecular flexibility index (Phi) is 4.23. The fraction of sp³-hybridized carbons (Fsp3) is 0.444. The van der Waals surface area contributed by atoms with E-state index in [0.29, 0.717) is 12.3 Å². The SMILES string of the molecule is CCCc1nc(Cn2cc(S(=O)(=O)Cl)c([N+](=O)[O-])n2)no1. The maximum atomic E-state index is 11.3. The summed E-state index contributed by atoms with van der Waals surface area (Å²) in [5.41, 5.74) is 0. The summed E-state index contributed by atoms with van der Waals surface area (Å²) in [5, 5.41) is 18.0. The van der Waals surface area contributed by atoms with Crippen molar-refractivity contribution in [2.24, 2.45) is 0 Å². The van der Waals surface area contributed by atoms with Gasteiger partial charge in [0.15, 0.2) is 5.82 Å². The highest BCUT2D eigenvalue weighted by molar-refractivity contribution is 8.13. The van der Waals surface area contributed by atoms with Crippen molar-refractivity contribution in [2.75, 3.05) is 0 Å². The van der Waals surface area contributed by atoms with Crippen LogP contribution in [0.5, 0.6) is 0 Å². The largest absolute Gasteiger partial charge is 0.410 e. The summed E-state index contributed by atoms with van der Waals surface area (Å²) >= 11 is 0. The number of nitro groups is 1. The summed E-state index contributed by atoms with van der Waals surface area (Å²) in [6.07, 6.45) is 2.38. The van der Waals surface area contributed by atoms with E-state index >= 15 is 0 Å². The molecule has 114 valence electrons. The molecule has 0 fully saturated rings. The van der Waals surface area contributed by atoms with E-state index in [1.54, 1.807) is 0 Å². The van der Waals surface area contributed by atoms with Gasteiger partial charge in [-0.2, -0.15) is 9.67 Å². The van der Waals surface area contributed by atoms with Gasteiger partial charge in [-0.15, -0.1) is 0 Å². The van der Waals surface area contributed by atoms with Crippen molar-refractivity contribution in [2.45, 2.75) is 31.2 Å². The maximum Gasteiger partial charge on any atom is 0.410 e. The fourth-order valence-electron chi connectivity index (χ4n) is 1.59. The summed E-state index contributed by atoms with van der Waals surface area (Å²) in [4.78, 5) is 13.2. The van der Waals surface area contributed by atoms with E-state index in [1.807, 2.05) is 6.92 Å². The van der Waals surface area contributed by atoms with Crippen LogP contribution in [0.2, 0.25) is 0 Å². The summed E-state index contributed by atoms with van der Waals surface area (Å²) in [5.74, 6) is -0.184. The van der Waals surface area contributed by atoms with Gasteiger partial charge >= 0.3 is 5.82 Å². The predicted octanol–water partition coefficient (Wildman–Crippen LogP) is 1.10. The summed E-state index contributed by atoms with van der Waals surface area (Å²) in [6, 6.07) is 0. The summed E-state index contributed by atoms with van der Waals surface area (Å²) in [6.45, 7) is 1.87. The van der Waals surface area contributed by atoms with Gasteiger partial charge in [-0.3, -0.25) is 0 Å². The smallest absolute Gasteiger partial charge is 0.358 e. The molecule has 12 heteroatoms. The molecule has 2 heterocycles. The van der Waals surface area contributed by atoms with E-state index in [2.05, 4.69) is 15.2 Å². The Morgan fingerprint density at radius 1 is 1.52 bits per heavy atom. The first-order valence-electron chi connectivity index (χ1n) is 5.79. The van der Waals surface area contributed by atoms with Crippen molar-refractivity contribution < 1.29 is 17.9 Å². The Balaban J connectivity index is 2.30. The molecule has 0 N–H and O–H groups in total. The first kappa shape index (κ1) is 15.4. The van der Waals surface area contributed by atoms with Crippen LogP contribution in [0.1, 0.15) is 25.1 Å². The third-order valence-corrected chi connectivity index (χ3v) is 3.73. The molecule has 21 heavy (non-hydrogen) atoms. The maximum absolute atomic E-state index is 11.3. The molecule has 0 unspecified atom stereocenters. The topological polar surface area (TPSA) is 134 Å². The Morgan fingerprint density at radius 2 is 2.24 bits per heavy atom. The van der Waals surface area contributed by atoms with Crippen LogP contribution in [0, 0.1) is 10.1 Å². The minimum atomic E-state index is -4.27. The van der Waals surface area contributed by atoms with E-state index in [1.165, 1.54) is 0 Å². The van der Waals surface area contributed by atoms with Gasteiger partial charge in [0.05, 0.1) is 11.3 Å². The first-order valence-corrected chi connectivity index (χ1v) is 8.10. The van der Waals surface area contributed by atoms with Crippen molar-refractivity contribution in [3.8, 4) is 0 Å². The van der Waals surface area contributed by atoms with E-state index in [-0.39, 0.29) is 12.4 Å². The average molecular weight is 336 g/mol. The second kappa shape index (κ2) is 5.77. The minimum Gasteiger partial charge on any atom is -0.358 e. The summed E-state index contributed by atoms with van der Waals surface area (Å²) < 4.78 is 28.5. The van der Waals surface area contributed by atoms with Crippen LogP contribution in [-0.2, 0) is 22.0 Å². The number of hydrogen-bond donors (Lipinski definition) is 0. The lowest BCUT2D eigenvalue weighted by Gasteiger charge is -1.89. The van der Waals surface area contributed by atoms with Gasteiger partial charge in [0.2, 0.25) is 10.8 Å². The fourth-order valence-corrected chi connectivity index (χ4v) is 2.49. The Morgan fingerprint density at radius 3 is 2.76 bits per heavy atom. The van der Waals surface area contributed by atoms with Gasteiger partial charge in [0, 0.05) is 17.1 Å². The number of aryl methyl sites for hydroxylation is 1. The van der Waals surface area contributed by atoms with Crippen LogP contribution in [0.15, 0.2) is 15.6 Å². The highest BCUT2D eigenvalue weighted by Gasteiger charge is 2.30. The molecule has 0 saturated heterocycles. The summed E-state index contributed by atoms with van der Waals surface area (Å²) in [7, 11) is 0.864. The number of halogens is 1. The Bertz CT molecular complexity index is 767. The van der Waals surface area contributed by atoms with E-state index in [0.717, 1.165) is 17.3 Å². The molecule has 2 rings (SSSR count). The Labute approximate surface area is 123 Å². The third-order valence-electron chi connectivity index (χ3n) is 2.42. The molecule has 0 saturated carbocycles. The van der Waals surface area contributed by atoms with E-state index in [9.17, 15) is 18.5 Å². The zero-order chi connectivity index (χ0) is 15.6. The van der Waals surface area contributed by atoms with Gasteiger partial charge in [-0.05, 0) is 11.3 Å². The van der Waals surface area contributed by atoms with Gasteiger partial charge in [-0.25, -0.2) is 8.42 Å². The lowest BCUT2D eigenvalue weighted by molar-refractivity contribution is -0.392. The molecule has 0 radical (unpaired) electrons. The highest BCUT2D eigenvalue weighted by atomic mass is 35.7. The predicted molar refractivity (Wildman–Crippen MR) is 69.3 cm³/mol. The van der Waals surface area contributed by atoms with Gasteiger partial charge in [-0.1, -0.05) is 12.1 Å². The van der Waals surface area contributed by atoms with Gasteiger partial charge in [0.25, 0.3) is 9.05 Å². The molecule has 0 aliphatic carbocycles. The standard InChI is InChI=1S/C9H10ClN5O5S/c1-2-3-8-11-7(13-20-8)5-14-4-6(21(10,18)19)9(12-14)15(16)17/h4H,2-3,5H2,1H3. The van der Waals surface area contributed by atoms with Crippen molar-refractivity contribution >= 4 is 25.6 Å². The Hall–Kier alpha value is -2.01. The normalized spacial score (nSPS) is 11.7. The van der Waals surface area contributed by atoms with Gasteiger partial charge in [0.1, 0.15) is 6.54 Å². The highest BCUT2D eigenvalue weighted by Crippen LogP contribution is 2.25. The van der Waals surface area contributed by atoms with Crippen LogP contribution in [-0.4, -0.2) is 33.3 Å². The zero-order valence-electron chi connectivity index (χ0n) is 10.8. The van der Waals surface area contributed by atoms with E-state index in [4.69, 9.17) is 15.2 Å². The number of rotatable bonds is 6. The molecular weight excluding hydrogens is 326 g/mol. The second-order valence-corrected chi connectivity index (χ2v) is 6.60. The molecular formula is C9H10ClN5O5S. The van der Waals surface area contributed by atoms with Crippen molar-refractivity contribution in [3.63, 3.8) is 0 Å². The number of nitrogens with zero attached hydrogens (tertiary/aromatic N) is 5. The molecule has 2 aromatic rings. The second-order valence-electron chi connectivity index (χ2n) is 4.06. The van der Waals surface area contributed by atoms with Crippen LogP contribution in [0.25, 0.3) is 0 Å². The molecule has 0 atom stereocenters. The lowest BCUT2D eigenvalue weighted by Crippen LogP contribution is -2.03. The molecule has 0 bridgehead atoms. The van der Waals surface area contributed by atoms with Crippen LogP contribution < -0.4 is 0 Å². The van der Waals surface area contributed by atoms with E-state index < -0.39 is 24.7 Å². The number of aromatic nitrogens is 4. The first-order chi connectivity index (χ1) is 9.81. The zero-order valence-corrected chi connectivity index (χ0v) is 12.3. The molecule has 2 aromatic heterocycles. The minimum absolute atomic E-state index is 0.0690. The van der Waals surface area contributed by atoms with Crippen LogP contribution in [0.3, 0.4) is 0 Å². The quantitative estimate of drug-likeness (QED) is 0.435. The monoisotopic (exact) mass is 335 g/mol. The van der Waals surface area contributed by atoms with Crippen LogP contribution >= 0.6 is 10.7 Å². The van der Waals surface area contributed by atoms with Crippen molar-refractivity contribution in [1.29, 1.82) is 0 Å². The van der Waals surface area contributed by atoms with Crippen LogP contribution in [0.4, 0.5) is 5.82 Å². The molecule has 10 nitrogen and oxygen atoms in total. The number of hydrogen-bond acceptors (Lipinski definition) is 8. The molecule has 0 amide bonds. The van der Waals surface area contributed by atoms with Crippen molar-refractivity contribution in [1.82, 2.24) is 19.9 Å². The average Bonchev–Trinajstić information content (AvgIpc) is 2.96. The molecule has 0 aliphatic rings. The third kappa shape index (κ3) is 3.55. The molecule has 0 spiro atoms. The van der Waals surface area contributed by atoms with Gasteiger partial charge < -0.3 is 14.6 Å².